The van der Waals surface area contributed by atoms with E-state index in [9.17, 15) is 5.41 Å². The van der Waals surface area contributed by atoms with E-state index in [1.807, 2.05) is 60.0 Å². The second-order valence-electron chi connectivity index (χ2n) is 13.1. The van der Waals surface area contributed by atoms with Gasteiger partial charge < -0.3 is 9.47 Å². The first-order chi connectivity index (χ1) is 25.1. The fraction of sp³-hybridized carbons (Fsp3) is 0.0435. The Morgan fingerprint density at radius 3 is 1.57 bits per heavy atom. The van der Waals surface area contributed by atoms with Crippen molar-refractivity contribution in [1.29, 1.82) is 5.41 Å². The van der Waals surface area contributed by atoms with Crippen LogP contribution in [0.1, 0.15) is 5.56 Å². The number of amidine groups is 1. The van der Waals surface area contributed by atoms with Gasteiger partial charge in [-0.25, -0.2) is 0 Å². The van der Waals surface area contributed by atoms with Gasteiger partial charge in [0, 0.05) is 46.9 Å². The summed E-state index contributed by atoms with van der Waals surface area (Å²) >= 11 is 0. The third kappa shape index (κ3) is 5.10. The minimum Gasteiger partial charge on any atom is -0.362 e. The van der Waals surface area contributed by atoms with Crippen LogP contribution in [-0.2, 0) is 0 Å². The first-order valence-electron chi connectivity index (χ1n) is 17.2. The summed E-state index contributed by atoms with van der Waals surface area (Å²) < 4.78 is 4.43. The monoisotopic (exact) mass is 657 g/mol. The molecule has 0 bridgehead atoms. The number of fused-ring (bicyclic) bond motifs is 7. The molecule has 0 aliphatic heterocycles. The number of aliphatic imine (C=N–C) groups is 1. The number of benzene rings is 7. The summed E-state index contributed by atoms with van der Waals surface area (Å²) in [6.07, 6.45) is 0. The van der Waals surface area contributed by atoms with Crippen LogP contribution in [-0.4, -0.2) is 39.9 Å². The predicted octanol–water partition coefficient (Wildman–Crippen LogP) is 11.0. The molecule has 5 heteroatoms. The highest BCUT2D eigenvalue weighted by Crippen LogP contribution is 2.41. The summed E-state index contributed by atoms with van der Waals surface area (Å²) in [5.41, 5.74) is 10.7. The molecule has 0 aliphatic carbocycles. The third-order valence-corrected chi connectivity index (χ3v) is 9.74. The van der Waals surface area contributed by atoms with E-state index in [4.69, 9.17) is 4.99 Å². The molecule has 0 amide bonds. The van der Waals surface area contributed by atoms with Gasteiger partial charge in [-0.2, -0.15) is 4.99 Å². The Morgan fingerprint density at radius 1 is 0.490 bits per heavy atom. The minimum absolute atomic E-state index is 0.154. The van der Waals surface area contributed by atoms with Crippen LogP contribution in [0.25, 0.3) is 71.6 Å². The zero-order valence-electron chi connectivity index (χ0n) is 28.5. The van der Waals surface area contributed by atoms with Gasteiger partial charge in [0.25, 0.3) is 0 Å². The third-order valence-electron chi connectivity index (χ3n) is 9.74. The Kier molecular flexibility index (Phi) is 7.32. The molecule has 7 aromatic carbocycles. The highest BCUT2D eigenvalue weighted by atomic mass is 15.2. The number of rotatable bonds is 4. The van der Waals surface area contributed by atoms with Gasteiger partial charge in [-0.1, -0.05) is 140 Å². The van der Waals surface area contributed by atoms with Crippen molar-refractivity contribution in [3.8, 4) is 27.9 Å². The lowest BCUT2D eigenvalue weighted by molar-refractivity contribution is 0.624. The molecule has 0 radical (unpaired) electrons. The van der Waals surface area contributed by atoms with Gasteiger partial charge in [0.2, 0.25) is 5.96 Å². The molecule has 244 valence electrons. The molecule has 0 fully saturated rings. The summed E-state index contributed by atoms with van der Waals surface area (Å²) in [6, 6.07) is 59.6. The van der Waals surface area contributed by atoms with E-state index in [-0.39, 0.29) is 5.96 Å². The fourth-order valence-corrected chi connectivity index (χ4v) is 7.48. The highest BCUT2D eigenvalue weighted by Gasteiger charge is 2.23. The second-order valence-corrected chi connectivity index (χ2v) is 13.1. The molecule has 51 heavy (non-hydrogen) atoms. The average molecular weight is 658 g/mol. The average Bonchev–Trinajstić information content (AvgIpc) is 3.71. The zero-order chi connectivity index (χ0) is 34.5. The maximum atomic E-state index is 9.70. The first-order valence-corrected chi connectivity index (χ1v) is 17.2. The van der Waals surface area contributed by atoms with Crippen LogP contribution in [0.5, 0.6) is 0 Å². The van der Waals surface area contributed by atoms with Crippen molar-refractivity contribution in [2.75, 3.05) is 14.1 Å². The minimum atomic E-state index is 0.154. The fourth-order valence-electron chi connectivity index (χ4n) is 7.48. The highest BCUT2D eigenvalue weighted by molar-refractivity contribution is 6.26. The smallest absolute Gasteiger partial charge is 0.229 e. The molecular formula is C46H35N5. The maximum Gasteiger partial charge on any atom is 0.229 e. The van der Waals surface area contributed by atoms with Crippen LogP contribution < -0.4 is 0 Å². The van der Waals surface area contributed by atoms with Gasteiger partial charge in [0.15, 0.2) is 0 Å². The lowest BCUT2D eigenvalue weighted by Gasteiger charge is -2.17. The van der Waals surface area contributed by atoms with E-state index < -0.39 is 0 Å². The van der Waals surface area contributed by atoms with Crippen LogP contribution in [0.15, 0.2) is 175 Å². The van der Waals surface area contributed by atoms with Crippen LogP contribution in [0.2, 0.25) is 0 Å². The molecule has 2 heterocycles. The molecule has 0 saturated carbocycles. The van der Waals surface area contributed by atoms with E-state index in [0.29, 0.717) is 0 Å². The molecule has 1 N–H and O–H groups in total. The summed E-state index contributed by atoms with van der Waals surface area (Å²) in [7, 11) is 3.95. The van der Waals surface area contributed by atoms with E-state index in [1.165, 1.54) is 0 Å². The SMILES string of the molecule is CN(C)C(=NC(=N)n1c2ccccc2c2ccc3c4ccccc4n(-c4cc(-c5ccccc5)cc(-c5ccccc5)c4)c3c21)c1ccccc1. The number of hydrogen-bond donors (Lipinski definition) is 1. The van der Waals surface area contributed by atoms with Crippen molar-refractivity contribution in [3.63, 3.8) is 0 Å². The van der Waals surface area contributed by atoms with Gasteiger partial charge in [-0.05, 0) is 52.6 Å². The summed E-state index contributed by atoms with van der Waals surface area (Å²) in [4.78, 5) is 7.02. The number of para-hydroxylation sites is 2. The van der Waals surface area contributed by atoms with Gasteiger partial charge in [0.1, 0.15) is 5.84 Å². The molecule has 0 atom stereocenters. The number of hydrogen-bond acceptors (Lipinski definition) is 1. The van der Waals surface area contributed by atoms with Gasteiger partial charge in [-0.3, -0.25) is 9.98 Å². The molecule has 0 spiro atoms. The van der Waals surface area contributed by atoms with E-state index in [2.05, 4.69) is 138 Å². The number of nitrogens with zero attached hydrogens (tertiary/aromatic N) is 4. The van der Waals surface area contributed by atoms with Crippen molar-refractivity contribution >= 4 is 55.4 Å². The van der Waals surface area contributed by atoms with Crippen molar-refractivity contribution in [1.82, 2.24) is 14.0 Å². The Labute approximate surface area is 296 Å². The maximum absolute atomic E-state index is 9.70. The van der Waals surface area contributed by atoms with Gasteiger partial charge in [-0.15, -0.1) is 0 Å². The Hall–Kier alpha value is -6.72. The lowest BCUT2D eigenvalue weighted by atomic mass is 9.98. The van der Waals surface area contributed by atoms with E-state index >= 15 is 0 Å². The topological polar surface area (TPSA) is 49.3 Å². The van der Waals surface area contributed by atoms with E-state index in [0.717, 1.165) is 83.0 Å². The Balaban J connectivity index is 1.41. The van der Waals surface area contributed by atoms with Gasteiger partial charge >= 0.3 is 0 Å². The second kappa shape index (κ2) is 12.3. The molecule has 9 aromatic rings. The Morgan fingerprint density at radius 2 is 0.980 bits per heavy atom. The first kappa shape index (κ1) is 30.3. The van der Waals surface area contributed by atoms with E-state index in [1.54, 1.807) is 0 Å². The van der Waals surface area contributed by atoms with Crippen LogP contribution >= 0.6 is 0 Å². The number of aromatic nitrogens is 2. The normalized spacial score (nSPS) is 11.9. The molecular weight excluding hydrogens is 623 g/mol. The number of nitrogens with one attached hydrogen (secondary N) is 1. The Bertz CT molecular complexity index is 2710. The van der Waals surface area contributed by atoms with Crippen LogP contribution in [0, 0.1) is 5.41 Å². The van der Waals surface area contributed by atoms with Gasteiger partial charge in [0.05, 0.1) is 22.1 Å². The largest absolute Gasteiger partial charge is 0.362 e. The van der Waals surface area contributed by atoms with Crippen LogP contribution in [0.3, 0.4) is 0 Å². The summed E-state index contributed by atoms with van der Waals surface area (Å²) in [5.74, 6) is 0.878. The van der Waals surface area contributed by atoms with Crippen molar-refractivity contribution < 1.29 is 0 Å². The van der Waals surface area contributed by atoms with Crippen LogP contribution in [0.4, 0.5) is 0 Å². The molecule has 0 unspecified atom stereocenters. The molecule has 5 nitrogen and oxygen atoms in total. The summed E-state index contributed by atoms with van der Waals surface area (Å²) in [5, 5.41) is 14.1. The predicted molar refractivity (Wildman–Crippen MR) is 214 cm³/mol. The molecule has 0 saturated heterocycles. The van der Waals surface area contributed by atoms with Crippen molar-refractivity contribution in [2.45, 2.75) is 0 Å². The standard InChI is InChI=1S/C46H35N5/c1-49(2)45(33-20-10-5-11-21-33)48-46(47)51-42-25-15-13-23-38(42)40-27-26-39-37-22-12-14-24-41(37)50(43(39)44(40)51)36-29-34(31-16-6-3-7-17-31)28-35(30-36)32-18-8-4-9-19-32/h3-30,47H,1-2H3. The van der Waals surface area contributed by atoms with Crippen molar-refractivity contribution in [3.05, 3.63) is 175 Å². The molecule has 2 aromatic heterocycles. The molecule has 9 rings (SSSR count). The summed E-state index contributed by atoms with van der Waals surface area (Å²) in [6.45, 7) is 0. The van der Waals surface area contributed by atoms with Crippen molar-refractivity contribution in [2.24, 2.45) is 4.99 Å². The lowest BCUT2D eigenvalue weighted by Crippen LogP contribution is -2.25. The zero-order valence-corrected chi connectivity index (χ0v) is 28.5. The quantitative estimate of drug-likeness (QED) is 0.149. The molecule has 0 aliphatic rings.